The maximum absolute atomic E-state index is 12.2. The Hall–Kier alpha value is -1.69. The first-order valence-corrected chi connectivity index (χ1v) is 7.43. The highest BCUT2D eigenvalue weighted by Gasteiger charge is 2.36. The van der Waals surface area contributed by atoms with Crippen LogP contribution >= 0.6 is 0 Å². The summed E-state index contributed by atoms with van der Waals surface area (Å²) in [5.41, 5.74) is 0.00650. The van der Waals surface area contributed by atoms with E-state index in [1.54, 1.807) is 18.5 Å². The van der Waals surface area contributed by atoms with E-state index >= 15 is 0 Å². The average molecular weight is 291 g/mol. The maximum atomic E-state index is 12.2. The van der Waals surface area contributed by atoms with E-state index in [9.17, 15) is 4.79 Å². The van der Waals surface area contributed by atoms with Crippen LogP contribution in [0.15, 0.2) is 18.5 Å². The molecular weight excluding hydrogens is 270 g/mol. The summed E-state index contributed by atoms with van der Waals surface area (Å²) in [5.74, 6) is 0.491. The lowest BCUT2D eigenvalue weighted by Crippen LogP contribution is -2.45. The summed E-state index contributed by atoms with van der Waals surface area (Å²) in [5, 5.41) is 0. The van der Waals surface area contributed by atoms with Gasteiger partial charge in [-0.15, -0.1) is 0 Å². The molecule has 0 aromatic carbocycles. The molecule has 1 aromatic heterocycles. The molecule has 3 rings (SSSR count). The van der Waals surface area contributed by atoms with Gasteiger partial charge in [0.2, 0.25) is 5.95 Å². The average Bonchev–Trinajstić information content (AvgIpc) is 2.52. The maximum Gasteiger partial charge on any atom is 0.310 e. The van der Waals surface area contributed by atoms with Gasteiger partial charge in [-0.25, -0.2) is 9.97 Å². The van der Waals surface area contributed by atoms with Gasteiger partial charge < -0.3 is 14.4 Å². The van der Waals surface area contributed by atoms with Crippen molar-refractivity contribution in [2.75, 3.05) is 37.8 Å². The van der Waals surface area contributed by atoms with Crippen LogP contribution in [0.3, 0.4) is 0 Å². The predicted molar refractivity (Wildman–Crippen MR) is 76.9 cm³/mol. The second kappa shape index (κ2) is 5.97. The molecule has 2 aliphatic heterocycles. The van der Waals surface area contributed by atoms with E-state index in [0.29, 0.717) is 32.3 Å². The number of nitrogens with zero attached hydrogens (tertiary/aromatic N) is 3. The monoisotopic (exact) mass is 291 g/mol. The summed E-state index contributed by atoms with van der Waals surface area (Å²) in [6, 6.07) is 1.79. The molecule has 1 atom stereocenters. The lowest BCUT2D eigenvalue weighted by Gasteiger charge is -2.38. The molecule has 2 aliphatic rings. The number of rotatable bonds is 4. The van der Waals surface area contributed by atoms with Crippen LogP contribution in [0.5, 0.6) is 0 Å². The highest BCUT2D eigenvalue weighted by molar-refractivity contribution is 5.73. The van der Waals surface area contributed by atoms with Gasteiger partial charge >= 0.3 is 5.97 Å². The minimum absolute atomic E-state index is 0.00650. The lowest BCUT2D eigenvalue weighted by molar-refractivity contribution is -0.169. The van der Waals surface area contributed by atoms with Crippen LogP contribution in [0.1, 0.15) is 19.8 Å². The standard InChI is InChI=1S/C15H21N3O3/c1-15(9-20-10-15)11-21-13(19)12-4-2-7-18(8-12)14-16-5-3-6-17-14/h3,5-6,12H,2,4,7-11H2,1H3. The highest BCUT2D eigenvalue weighted by Crippen LogP contribution is 2.28. The van der Waals surface area contributed by atoms with Crippen molar-refractivity contribution in [2.45, 2.75) is 19.8 Å². The number of anilines is 1. The topological polar surface area (TPSA) is 64.5 Å². The minimum Gasteiger partial charge on any atom is -0.465 e. The van der Waals surface area contributed by atoms with Crippen molar-refractivity contribution in [2.24, 2.45) is 11.3 Å². The van der Waals surface area contributed by atoms with Crippen LogP contribution in [-0.2, 0) is 14.3 Å². The molecule has 6 nitrogen and oxygen atoms in total. The van der Waals surface area contributed by atoms with E-state index in [1.165, 1.54) is 0 Å². The molecule has 0 radical (unpaired) electrons. The Morgan fingerprint density at radius 1 is 1.48 bits per heavy atom. The predicted octanol–water partition coefficient (Wildman–Crippen LogP) is 1.27. The van der Waals surface area contributed by atoms with Gasteiger partial charge in [-0.1, -0.05) is 6.92 Å². The van der Waals surface area contributed by atoms with Gasteiger partial charge in [-0.2, -0.15) is 0 Å². The fourth-order valence-corrected chi connectivity index (χ4v) is 2.70. The summed E-state index contributed by atoms with van der Waals surface area (Å²) in [6.07, 6.45) is 5.27. The molecule has 0 saturated carbocycles. The molecule has 21 heavy (non-hydrogen) atoms. The third-order valence-corrected chi connectivity index (χ3v) is 4.05. The quantitative estimate of drug-likeness (QED) is 0.779. The van der Waals surface area contributed by atoms with Gasteiger partial charge in [-0.3, -0.25) is 4.79 Å². The first-order valence-electron chi connectivity index (χ1n) is 7.43. The van der Waals surface area contributed by atoms with Crippen molar-refractivity contribution in [3.63, 3.8) is 0 Å². The Labute approximate surface area is 124 Å². The number of esters is 1. The number of piperidine rings is 1. The van der Waals surface area contributed by atoms with Crippen molar-refractivity contribution >= 4 is 11.9 Å². The second-order valence-corrected chi connectivity index (χ2v) is 6.25. The summed E-state index contributed by atoms with van der Waals surface area (Å²) in [7, 11) is 0. The Morgan fingerprint density at radius 3 is 2.90 bits per heavy atom. The van der Waals surface area contributed by atoms with Gasteiger partial charge in [0, 0.05) is 30.9 Å². The van der Waals surface area contributed by atoms with Gasteiger partial charge in [0.05, 0.1) is 19.1 Å². The molecule has 1 aromatic rings. The molecule has 3 heterocycles. The third kappa shape index (κ3) is 3.32. The molecule has 2 saturated heterocycles. The van der Waals surface area contributed by atoms with Crippen molar-refractivity contribution in [1.29, 1.82) is 0 Å². The lowest BCUT2D eigenvalue weighted by atomic mass is 9.90. The SMILES string of the molecule is CC1(COC(=O)C2CCCN(c3ncccn3)C2)COC1. The van der Waals surface area contributed by atoms with E-state index in [-0.39, 0.29) is 17.3 Å². The highest BCUT2D eigenvalue weighted by atomic mass is 16.5. The number of carbonyl (C=O) groups is 1. The van der Waals surface area contributed by atoms with Crippen molar-refractivity contribution < 1.29 is 14.3 Å². The number of aromatic nitrogens is 2. The van der Waals surface area contributed by atoms with E-state index in [0.717, 1.165) is 19.4 Å². The third-order valence-electron chi connectivity index (χ3n) is 4.05. The zero-order valence-corrected chi connectivity index (χ0v) is 12.3. The Kier molecular flexibility index (Phi) is 4.05. The molecule has 0 aliphatic carbocycles. The molecule has 0 N–H and O–H groups in total. The minimum atomic E-state index is -0.108. The molecule has 0 spiro atoms. The fraction of sp³-hybridized carbons (Fsp3) is 0.667. The van der Waals surface area contributed by atoms with E-state index in [4.69, 9.17) is 9.47 Å². The van der Waals surface area contributed by atoms with E-state index < -0.39 is 0 Å². The van der Waals surface area contributed by atoms with Gasteiger partial charge in [0.15, 0.2) is 0 Å². The Balaban J connectivity index is 1.54. The van der Waals surface area contributed by atoms with Crippen molar-refractivity contribution in [3.05, 3.63) is 18.5 Å². The fourth-order valence-electron chi connectivity index (χ4n) is 2.70. The zero-order valence-electron chi connectivity index (χ0n) is 12.3. The molecular formula is C15H21N3O3. The molecule has 0 bridgehead atoms. The normalized spacial score (nSPS) is 24.2. The molecule has 2 fully saturated rings. The first-order chi connectivity index (χ1) is 10.2. The summed E-state index contributed by atoms with van der Waals surface area (Å²) < 4.78 is 10.7. The Morgan fingerprint density at radius 2 is 2.24 bits per heavy atom. The number of hydrogen-bond donors (Lipinski definition) is 0. The van der Waals surface area contributed by atoms with Gasteiger partial charge in [0.1, 0.15) is 6.61 Å². The molecule has 114 valence electrons. The van der Waals surface area contributed by atoms with Crippen molar-refractivity contribution in [1.82, 2.24) is 9.97 Å². The number of ether oxygens (including phenoxy) is 2. The summed E-state index contributed by atoms with van der Waals surface area (Å²) in [6.45, 7) is 5.40. The van der Waals surface area contributed by atoms with Crippen LogP contribution in [0.4, 0.5) is 5.95 Å². The molecule has 1 unspecified atom stereocenters. The second-order valence-electron chi connectivity index (χ2n) is 6.25. The summed E-state index contributed by atoms with van der Waals surface area (Å²) in [4.78, 5) is 22.8. The zero-order chi connectivity index (χ0) is 14.7. The van der Waals surface area contributed by atoms with Gasteiger partial charge in [-0.05, 0) is 18.9 Å². The van der Waals surface area contributed by atoms with Crippen molar-refractivity contribution in [3.8, 4) is 0 Å². The number of carbonyl (C=O) groups excluding carboxylic acids is 1. The summed E-state index contributed by atoms with van der Waals surface area (Å²) >= 11 is 0. The van der Waals surface area contributed by atoms with E-state index in [2.05, 4.69) is 21.8 Å². The molecule has 0 amide bonds. The van der Waals surface area contributed by atoms with Crippen LogP contribution in [-0.4, -0.2) is 48.8 Å². The van der Waals surface area contributed by atoms with Crippen LogP contribution in [0.2, 0.25) is 0 Å². The molecule has 6 heteroatoms. The largest absolute Gasteiger partial charge is 0.465 e. The van der Waals surface area contributed by atoms with Crippen LogP contribution < -0.4 is 4.90 Å². The van der Waals surface area contributed by atoms with Gasteiger partial charge in [0.25, 0.3) is 0 Å². The smallest absolute Gasteiger partial charge is 0.310 e. The van der Waals surface area contributed by atoms with E-state index in [1.807, 2.05) is 0 Å². The first kappa shape index (κ1) is 14.3. The van der Waals surface area contributed by atoms with Crippen LogP contribution in [0.25, 0.3) is 0 Å². The Bertz CT molecular complexity index is 490. The van der Waals surface area contributed by atoms with Crippen LogP contribution in [0, 0.1) is 11.3 Å². The number of hydrogen-bond acceptors (Lipinski definition) is 6.